The number of guanidine groups is 1. The zero-order chi connectivity index (χ0) is 20.9. The Bertz CT molecular complexity index is 934. The van der Waals surface area contributed by atoms with Gasteiger partial charge in [0.15, 0.2) is 17.4 Å². The van der Waals surface area contributed by atoms with Gasteiger partial charge in [0.25, 0.3) is 0 Å². The van der Waals surface area contributed by atoms with Gasteiger partial charge in [-0.25, -0.2) is 8.42 Å². The van der Waals surface area contributed by atoms with Crippen molar-refractivity contribution in [3.05, 3.63) is 30.2 Å². The average Bonchev–Trinajstić information content (AvgIpc) is 3.12. The summed E-state index contributed by atoms with van der Waals surface area (Å²) in [7, 11) is -1.59. The number of sulfonamides is 1. The van der Waals surface area contributed by atoms with E-state index in [2.05, 4.69) is 25.4 Å². The van der Waals surface area contributed by atoms with Gasteiger partial charge in [0.1, 0.15) is 0 Å². The lowest BCUT2D eigenvalue weighted by Gasteiger charge is -2.35. The number of hydrogen-bond acceptors (Lipinski definition) is 6. The van der Waals surface area contributed by atoms with E-state index in [9.17, 15) is 8.42 Å². The molecule has 1 aliphatic rings. The van der Waals surface area contributed by atoms with Crippen LogP contribution in [0.4, 0.5) is 0 Å². The van der Waals surface area contributed by atoms with Gasteiger partial charge in [-0.15, -0.1) is 10.2 Å². The van der Waals surface area contributed by atoms with E-state index in [1.807, 2.05) is 42.6 Å². The highest BCUT2D eigenvalue weighted by Gasteiger charge is 2.28. The van der Waals surface area contributed by atoms with Gasteiger partial charge in [0.2, 0.25) is 10.0 Å². The molecule has 0 saturated carbocycles. The topological polar surface area (TPSA) is 104 Å². The van der Waals surface area contributed by atoms with E-state index in [1.54, 1.807) is 7.05 Å². The molecule has 29 heavy (non-hydrogen) atoms. The van der Waals surface area contributed by atoms with Crippen LogP contribution in [0.1, 0.15) is 19.7 Å². The first-order chi connectivity index (χ1) is 13.9. The number of aliphatic imine (C=N–C) groups is 1. The summed E-state index contributed by atoms with van der Waals surface area (Å²) in [6.45, 7) is 6.49. The molecule has 0 spiro atoms. The van der Waals surface area contributed by atoms with E-state index in [0.29, 0.717) is 32.7 Å². The van der Waals surface area contributed by atoms with E-state index in [1.165, 1.54) is 4.31 Å². The van der Waals surface area contributed by atoms with Crippen molar-refractivity contribution >= 4 is 21.6 Å². The maximum atomic E-state index is 12.5. The molecule has 3 heterocycles. The number of nitrogens with zero attached hydrogens (tertiary/aromatic N) is 6. The second-order valence-electron chi connectivity index (χ2n) is 7.07. The molecule has 0 unspecified atom stereocenters. The van der Waals surface area contributed by atoms with Crippen LogP contribution in [-0.4, -0.2) is 89.9 Å². The summed E-state index contributed by atoms with van der Waals surface area (Å²) in [5.41, 5.74) is 0.791. The Morgan fingerprint density at radius 2 is 2.00 bits per heavy atom. The van der Waals surface area contributed by atoms with Crippen LogP contribution >= 0.6 is 0 Å². The summed E-state index contributed by atoms with van der Waals surface area (Å²) in [6.07, 6.45) is 1.95. The molecular weight excluding hydrogens is 394 g/mol. The Morgan fingerprint density at radius 3 is 2.69 bits per heavy atom. The number of fused-ring (bicyclic) bond motifs is 1. The normalized spacial score (nSPS) is 16.7. The van der Waals surface area contributed by atoms with Crippen LogP contribution in [0, 0.1) is 0 Å². The van der Waals surface area contributed by atoms with Crippen LogP contribution in [0.5, 0.6) is 0 Å². The lowest BCUT2D eigenvalue weighted by molar-refractivity contribution is 0.0904. The van der Waals surface area contributed by atoms with E-state index in [-0.39, 0.29) is 18.5 Å². The van der Waals surface area contributed by atoms with Crippen LogP contribution in [-0.2, 0) is 21.3 Å². The molecule has 0 radical (unpaired) electrons. The quantitative estimate of drug-likeness (QED) is 0.500. The molecule has 2 aromatic rings. The molecule has 1 N–H and O–H groups in total. The number of rotatable bonds is 7. The molecule has 0 aromatic carbocycles. The second kappa shape index (κ2) is 9.51. The zero-order valence-electron chi connectivity index (χ0n) is 17.2. The Labute approximate surface area is 171 Å². The highest BCUT2D eigenvalue weighted by atomic mass is 32.2. The van der Waals surface area contributed by atoms with Gasteiger partial charge in [-0.2, -0.15) is 4.31 Å². The second-order valence-corrected chi connectivity index (χ2v) is 9.16. The number of aromatic nitrogens is 3. The molecule has 1 aliphatic heterocycles. The first kappa shape index (κ1) is 21.5. The van der Waals surface area contributed by atoms with Crippen molar-refractivity contribution in [1.82, 2.24) is 29.1 Å². The van der Waals surface area contributed by atoms with Gasteiger partial charge in [-0.3, -0.25) is 9.39 Å². The fourth-order valence-electron chi connectivity index (χ4n) is 3.20. The first-order valence-electron chi connectivity index (χ1n) is 9.74. The molecule has 0 bridgehead atoms. The van der Waals surface area contributed by atoms with Gasteiger partial charge in [0, 0.05) is 39.4 Å². The van der Waals surface area contributed by atoms with Crippen molar-refractivity contribution in [2.24, 2.45) is 4.99 Å². The van der Waals surface area contributed by atoms with Gasteiger partial charge < -0.3 is 15.0 Å². The molecule has 1 fully saturated rings. The highest BCUT2D eigenvalue weighted by molar-refractivity contribution is 7.89. The first-order valence-corrected chi connectivity index (χ1v) is 11.4. The molecule has 160 valence electrons. The maximum Gasteiger partial charge on any atom is 0.216 e. The van der Waals surface area contributed by atoms with Gasteiger partial charge >= 0.3 is 0 Å². The third-order valence-corrected chi connectivity index (χ3v) is 6.56. The van der Waals surface area contributed by atoms with E-state index < -0.39 is 10.0 Å². The standard InChI is InChI=1S/C18H29N7O3S/c1-15(2)28-12-13-29(26,27)24-10-8-23(9-11-24)18(19-3)20-14-17-22-21-16-6-4-5-7-25(16)17/h4-7,15H,8-14H2,1-3H3,(H,19,20). The minimum absolute atomic E-state index is 0.0120. The van der Waals surface area contributed by atoms with Gasteiger partial charge in [0.05, 0.1) is 25.0 Å². The van der Waals surface area contributed by atoms with Crippen LogP contribution in [0.2, 0.25) is 0 Å². The summed E-state index contributed by atoms with van der Waals surface area (Å²) < 4.78 is 33.8. The molecule has 0 atom stereocenters. The minimum atomic E-state index is -3.31. The van der Waals surface area contributed by atoms with Crippen molar-refractivity contribution in [2.75, 3.05) is 45.6 Å². The predicted octanol–water partition coefficient (Wildman–Crippen LogP) is 0.177. The largest absolute Gasteiger partial charge is 0.378 e. The predicted molar refractivity (Wildman–Crippen MR) is 111 cm³/mol. The molecule has 11 heteroatoms. The fraction of sp³-hybridized carbons (Fsp3) is 0.611. The Hall–Kier alpha value is -2.24. The third kappa shape index (κ3) is 5.43. The summed E-state index contributed by atoms with van der Waals surface area (Å²) in [5.74, 6) is 1.52. The van der Waals surface area contributed by atoms with Gasteiger partial charge in [-0.1, -0.05) is 6.07 Å². The van der Waals surface area contributed by atoms with E-state index >= 15 is 0 Å². The smallest absolute Gasteiger partial charge is 0.216 e. The summed E-state index contributed by atoms with van der Waals surface area (Å²) in [6, 6.07) is 5.75. The van der Waals surface area contributed by atoms with Crippen molar-refractivity contribution in [1.29, 1.82) is 0 Å². The summed E-state index contributed by atoms with van der Waals surface area (Å²) in [5, 5.41) is 11.7. The van der Waals surface area contributed by atoms with Crippen molar-refractivity contribution in [3.8, 4) is 0 Å². The highest BCUT2D eigenvalue weighted by Crippen LogP contribution is 2.09. The van der Waals surface area contributed by atoms with Crippen molar-refractivity contribution in [3.63, 3.8) is 0 Å². The molecule has 2 aromatic heterocycles. The number of ether oxygens (including phenoxy) is 1. The lowest BCUT2D eigenvalue weighted by atomic mass is 10.4. The van der Waals surface area contributed by atoms with Crippen molar-refractivity contribution in [2.45, 2.75) is 26.5 Å². The Balaban J connectivity index is 1.52. The molecule has 1 saturated heterocycles. The minimum Gasteiger partial charge on any atom is -0.378 e. The molecule has 10 nitrogen and oxygen atoms in total. The average molecular weight is 424 g/mol. The fourth-order valence-corrected chi connectivity index (χ4v) is 4.48. The van der Waals surface area contributed by atoms with E-state index in [4.69, 9.17) is 4.74 Å². The van der Waals surface area contributed by atoms with Crippen LogP contribution in [0.25, 0.3) is 5.65 Å². The zero-order valence-corrected chi connectivity index (χ0v) is 18.0. The number of hydrogen-bond donors (Lipinski definition) is 1. The number of piperazine rings is 1. The lowest BCUT2D eigenvalue weighted by Crippen LogP contribution is -2.54. The molecular formula is C18H29N7O3S. The molecule has 0 amide bonds. The molecule has 3 rings (SSSR count). The third-order valence-electron chi connectivity index (χ3n) is 4.72. The monoisotopic (exact) mass is 423 g/mol. The SMILES string of the molecule is CN=C(NCc1nnc2ccccn12)N1CCN(S(=O)(=O)CCOC(C)C)CC1. The van der Waals surface area contributed by atoms with Crippen LogP contribution in [0.15, 0.2) is 29.4 Å². The number of pyridine rings is 1. The summed E-state index contributed by atoms with van der Waals surface area (Å²) in [4.78, 5) is 6.39. The maximum absolute atomic E-state index is 12.5. The van der Waals surface area contributed by atoms with Crippen LogP contribution < -0.4 is 5.32 Å². The Morgan fingerprint density at radius 1 is 1.24 bits per heavy atom. The van der Waals surface area contributed by atoms with Crippen molar-refractivity contribution < 1.29 is 13.2 Å². The Kier molecular flexibility index (Phi) is 7.04. The molecule has 0 aliphatic carbocycles. The number of nitrogens with one attached hydrogen (secondary N) is 1. The van der Waals surface area contributed by atoms with Crippen LogP contribution in [0.3, 0.4) is 0 Å². The van der Waals surface area contributed by atoms with Gasteiger partial charge in [-0.05, 0) is 26.0 Å². The summed E-state index contributed by atoms with van der Waals surface area (Å²) >= 11 is 0. The van der Waals surface area contributed by atoms with E-state index in [0.717, 1.165) is 17.4 Å².